The highest BCUT2D eigenvalue weighted by Gasteiger charge is 2.31. The van der Waals surface area contributed by atoms with Crippen molar-refractivity contribution in [1.29, 1.82) is 0 Å². The first-order valence-electron chi connectivity index (χ1n) is 10.0. The molecule has 1 aliphatic heterocycles. The first-order chi connectivity index (χ1) is 14.2. The Morgan fingerprint density at radius 3 is 2.55 bits per heavy atom. The Kier molecular flexibility index (Phi) is 4.86. The summed E-state index contributed by atoms with van der Waals surface area (Å²) in [5.41, 5.74) is 6.21. The molecule has 5 heteroatoms. The van der Waals surface area contributed by atoms with E-state index in [0.717, 1.165) is 6.42 Å². The second kappa shape index (κ2) is 7.65. The Morgan fingerprint density at radius 2 is 1.83 bits per heavy atom. The van der Waals surface area contributed by atoms with E-state index in [-0.39, 0.29) is 18.1 Å². The summed E-state index contributed by atoms with van der Waals surface area (Å²) < 4.78 is 11.6. The van der Waals surface area contributed by atoms with Crippen LogP contribution in [-0.4, -0.2) is 25.3 Å². The van der Waals surface area contributed by atoms with Crippen LogP contribution in [0.1, 0.15) is 40.5 Å². The maximum absolute atomic E-state index is 12.5. The third kappa shape index (κ3) is 3.34. The lowest BCUT2D eigenvalue weighted by atomic mass is 9.98. The van der Waals surface area contributed by atoms with Crippen molar-refractivity contribution >= 4 is 17.4 Å². The van der Waals surface area contributed by atoms with Crippen LogP contribution < -0.4 is 5.32 Å². The molecule has 3 aromatic rings. The molecule has 0 radical (unpaired) electrons. The molecule has 2 aromatic carbocycles. The van der Waals surface area contributed by atoms with Gasteiger partial charge < -0.3 is 14.8 Å². The van der Waals surface area contributed by atoms with E-state index in [0.29, 0.717) is 13.2 Å². The summed E-state index contributed by atoms with van der Waals surface area (Å²) >= 11 is 1.69. The maximum atomic E-state index is 12.5. The molecule has 1 N–H and O–H groups in total. The largest absolute Gasteiger partial charge is 0.449 e. The first-order valence-corrected chi connectivity index (χ1v) is 10.9. The van der Waals surface area contributed by atoms with Crippen molar-refractivity contribution in [2.24, 2.45) is 0 Å². The average Bonchev–Trinajstić information content (AvgIpc) is 3.35. The van der Waals surface area contributed by atoms with E-state index >= 15 is 0 Å². The molecule has 2 atom stereocenters. The molecular weight excluding hydrogens is 382 g/mol. The quantitative estimate of drug-likeness (QED) is 0.642. The van der Waals surface area contributed by atoms with Gasteiger partial charge in [-0.25, -0.2) is 4.79 Å². The third-order valence-electron chi connectivity index (χ3n) is 5.85. The second-order valence-electron chi connectivity index (χ2n) is 7.61. The molecule has 0 bridgehead atoms. The molecule has 2 aliphatic rings. The fraction of sp³-hybridized carbons (Fsp3) is 0.292. The molecule has 0 spiro atoms. The highest BCUT2D eigenvalue weighted by Crippen LogP contribution is 2.44. The van der Waals surface area contributed by atoms with Crippen molar-refractivity contribution in [2.75, 3.05) is 13.2 Å². The molecule has 0 saturated carbocycles. The molecule has 1 aliphatic carbocycles. The monoisotopic (exact) mass is 405 g/mol. The van der Waals surface area contributed by atoms with Gasteiger partial charge in [-0.2, -0.15) is 0 Å². The van der Waals surface area contributed by atoms with E-state index in [1.54, 1.807) is 11.3 Å². The topological polar surface area (TPSA) is 47.6 Å². The highest BCUT2D eigenvalue weighted by molar-refractivity contribution is 7.10. The van der Waals surface area contributed by atoms with Gasteiger partial charge in [0, 0.05) is 10.8 Å². The van der Waals surface area contributed by atoms with Crippen molar-refractivity contribution in [2.45, 2.75) is 31.4 Å². The number of thiophene rings is 1. The van der Waals surface area contributed by atoms with Crippen LogP contribution in [-0.2, 0) is 15.9 Å². The van der Waals surface area contributed by atoms with Crippen LogP contribution in [0.25, 0.3) is 11.1 Å². The minimum atomic E-state index is -0.397. The average molecular weight is 406 g/mol. The normalized spacial score (nSPS) is 18.4. The number of hydrogen-bond donors (Lipinski definition) is 1. The number of nitrogens with one attached hydrogen (secondary N) is 1. The zero-order chi connectivity index (χ0) is 19.8. The maximum Gasteiger partial charge on any atom is 0.407 e. The summed E-state index contributed by atoms with van der Waals surface area (Å²) in [5.74, 6) is 0.0679. The van der Waals surface area contributed by atoms with Crippen LogP contribution in [0.2, 0.25) is 0 Å². The molecule has 29 heavy (non-hydrogen) atoms. The molecule has 148 valence electrons. The van der Waals surface area contributed by atoms with Crippen LogP contribution in [0.4, 0.5) is 4.79 Å². The number of carbonyl (C=O) groups excluding carboxylic acids is 1. The predicted octanol–water partition coefficient (Wildman–Crippen LogP) is 5.29. The Hall–Kier alpha value is -2.63. The fourth-order valence-electron chi connectivity index (χ4n) is 4.45. The summed E-state index contributed by atoms with van der Waals surface area (Å²) in [5, 5.41) is 5.06. The molecule has 0 unspecified atom stereocenters. The van der Waals surface area contributed by atoms with Crippen LogP contribution in [0.5, 0.6) is 0 Å². The SMILES string of the molecule is C[C@H](NC(=O)OCC1c2ccccc2-c2ccccc21)[C@H]1OCCc2ccsc21. The summed E-state index contributed by atoms with van der Waals surface area (Å²) in [6, 6.07) is 18.7. The number of rotatable bonds is 4. The van der Waals surface area contributed by atoms with E-state index in [9.17, 15) is 4.79 Å². The van der Waals surface area contributed by atoms with Gasteiger partial charge in [-0.3, -0.25) is 0 Å². The van der Waals surface area contributed by atoms with Crippen molar-refractivity contribution in [3.05, 3.63) is 81.5 Å². The lowest BCUT2D eigenvalue weighted by molar-refractivity contribution is 0.0214. The first kappa shape index (κ1) is 18.4. The molecular formula is C24H23NO3S. The molecule has 0 saturated heterocycles. The molecule has 2 heterocycles. The third-order valence-corrected chi connectivity index (χ3v) is 6.87. The zero-order valence-electron chi connectivity index (χ0n) is 16.3. The van der Waals surface area contributed by atoms with Gasteiger partial charge >= 0.3 is 6.09 Å². The van der Waals surface area contributed by atoms with Gasteiger partial charge in [-0.05, 0) is 52.6 Å². The van der Waals surface area contributed by atoms with Gasteiger partial charge in [0.15, 0.2) is 0 Å². The van der Waals surface area contributed by atoms with Crippen molar-refractivity contribution in [3.63, 3.8) is 0 Å². The minimum absolute atomic E-state index is 0.0679. The minimum Gasteiger partial charge on any atom is -0.449 e. The van der Waals surface area contributed by atoms with E-state index in [4.69, 9.17) is 9.47 Å². The summed E-state index contributed by atoms with van der Waals surface area (Å²) in [6.07, 6.45) is 0.429. The number of amides is 1. The van der Waals surface area contributed by atoms with E-state index < -0.39 is 6.09 Å². The van der Waals surface area contributed by atoms with Crippen LogP contribution >= 0.6 is 11.3 Å². The smallest absolute Gasteiger partial charge is 0.407 e. The van der Waals surface area contributed by atoms with Crippen molar-refractivity contribution in [3.8, 4) is 11.1 Å². The Morgan fingerprint density at radius 1 is 1.14 bits per heavy atom. The van der Waals surface area contributed by atoms with Crippen molar-refractivity contribution < 1.29 is 14.3 Å². The van der Waals surface area contributed by atoms with Gasteiger partial charge in [0.1, 0.15) is 12.7 Å². The number of hydrogen-bond acceptors (Lipinski definition) is 4. The van der Waals surface area contributed by atoms with E-state index in [2.05, 4.69) is 53.2 Å². The summed E-state index contributed by atoms with van der Waals surface area (Å²) in [7, 11) is 0. The Bertz CT molecular complexity index is 998. The van der Waals surface area contributed by atoms with Crippen LogP contribution in [0.15, 0.2) is 60.0 Å². The van der Waals surface area contributed by atoms with E-state index in [1.165, 1.54) is 32.7 Å². The zero-order valence-corrected chi connectivity index (χ0v) is 17.1. The van der Waals surface area contributed by atoms with Gasteiger partial charge in [0.05, 0.1) is 12.6 Å². The Balaban J connectivity index is 1.26. The second-order valence-corrected chi connectivity index (χ2v) is 8.56. The lowest BCUT2D eigenvalue weighted by Crippen LogP contribution is -2.40. The predicted molar refractivity (Wildman–Crippen MR) is 114 cm³/mol. The van der Waals surface area contributed by atoms with Gasteiger partial charge in [0.2, 0.25) is 0 Å². The molecule has 4 nitrogen and oxygen atoms in total. The summed E-state index contributed by atoms with van der Waals surface area (Å²) in [4.78, 5) is 13.8. The summed E-state index contributed by atoms with van der Waals surface area (Å²) in [6.45, 7) is 2.98. The van der Waals surface area contributed by atoms with Gasteiger partial charge in [0.25, 0.3) is 0 Å². The van der Waals surface area contributed by atoms with E-state index in [1.807, 2.05) is 19.1 Å². The van der Waals surface area contributed by atoms with Crippen LogP contribution in [0.3, 0.4) is 0 Å². The molecule has 1 aromatic heterocycles. The molecule has 0 fully saturated rings. The number of ether oxygens (including phenoxy) is 2. The number of fused-ring (bicyclic) bond motifs is 4. The van der Waals surface area contributed by atoms with Crippen molar-refractivity contribution in [1.82, 2.24) is 5.32 Å². The van der Waals surface area contributed by atoms with Crippen LogP contribution in [0, 0.1) is 0 Å². The molecule has 1 amide bonds. The number of benzene rings is 2. The standard InChI is InChI=1S/C24H23NO3S/c1-15(22-23-16(10-12-27-22)11-13-29-23)25-24(26)28-14-21-19-8-4-2-6-17(19)18-7-3-5-9-20(18)21/h2-9,11,13,15,21-22H,10,12,14H2,1H3,(H,25,26)/t15-,22+/m0/s1. The number of alkyl carbamates (subject to hydrolysis) is 1. The van der Waals surface area contributed by atoms with Gasteiger partial charge in [-0.1, -0.05) is 48.5 Å². The molecule has 5 rings (SSSR count). The Labute approximate surface area is 174 Å². The van der Waals surface area contributed by atoms with Gasteiger partial charge in [-0.15, -0.1) is 11.3 Å². The lowest BCUT2D eigenvalue weighted by Gasteiger charge is -2.28. The highest BCUT2D eigenvalue weighted by atomic mass is 32.1. The fourth-order valence-corrected chi connectivity index (χ4v) is 5.55. The number of carbonyl (C=O) groups is 1.